The Labute approximate surface area is 353 Å². The van der Waals surface area contributed by atoms with Crippen molar-refractivity contribution in [2.45, 2.75) is 38.5 Å². The standard InChI is InChI=1S/C58H44N2/c1-57(2)51-23-7-5-21-47(51)49-27-25-43(35-53(49)57)39-15-9-13-37(31-39)41-17-11-19-45(33-41)55-29-30-59-56(60-55)46-20-12-18-42(34-46)38-14-10-16-40(32-38)44-26-28-50-48-22-6-8-24-52(48)58(3,4)54(50)36-44/h5-36H,1-4H3. The zero-order valence-electron chi connectivity index (χ0n) is 34.4. The summed E-state index contributed by atoms with van der Waals surface area (Å²) in [5.74, 6) is 0.708. The molecule has 2 heteroatoms. The minimum absolute atomic E-state index is 0.0361. The van der Waals surface area contributed by atoms with Gasteiger partial charge in [0.1, 0.15) is 0 Å². The lowest BCUT2D eigenvalue weighted by Crippen LogP contribution is -2.14. The minimum Gasteiger partial charge on any atom is -0.237 e. The fourth-order valence-electron chi connectivity index (χ4n) is 9.88. The van der Waals surface area contributed by atoms with Gasteiger partial charge < -0.3 is 0 Å². The maximum absolute atomic E-state index is 5.13. The molecule has 0 amide bonds. The second-order valence-electron chi connectivity index (χ2n) is 17.5. The van der Waals surface area contributed by atoms with E-state index in [0.29, 0.717) is 5.82 Å². The molecule has 11 rings (SSSR count). The Morgan fingerprint density at radius 2 is 0.667 bits per heavy atom. The highest BCUT2D eigenvalue weighted by Crippen LogP contribution is 2.51. The van der Waals surface area contributed by atoms with Crippen molar-refractivity contribution in [1.29, 1.82) is 0 Å². The van der Waals surface area contributed by atoms with E-state index in [1.807, 2.05) is 12.3 Å². The summed E-state index contributed by atoms with van der Waals surface area (Å²) in [5.41, 5.74) is 23.3. The van der Waals surface area contributed by atoms with Crippen LogP contribution in [-0.4, -0.2) is 9.97 Å². The summed E-state index contributed by atoms with van der Waals surface area (Å²) >= 11 is 0. The molecule has 2 nitrogen and oxygen atoms in total. The third kappa shape index (κ3) is 5.86. The van der Waals surface area contributed by atoms with Crippen LogP contribution in [0.25, 0.3) is 89.4 Å². The number of hydrogen-bond acceptors (Lipinski definition) is 2. The molecule has 0 N–H and O–H groups in total. The molecular formula is C58H44N2. The van der Waals surface area contributed by atoms with E-state index in [4.69, 9.17) is 9.97 Å². The number of aromatic nitrogens is 2. The van der Waals surface area contributed by atoms with Crippen LogP contribution in [0.3, 0.4) is 0 Å². The van der Waals surface area contributed by atoms with Gasteiger partial charge in [-0.05, 0) is 131 Å². The van der Waals surface area contributed by atoms with Gasteiger partial charge in [-0.25, -0.2) is 9.97 Å². The first-order valence-electron chi connectivity index (χ1n) is 21.0. The third-order valence-electron chi connectivity index (χ3n) is 13.2. The molecule has 0 unspecified atom stereocenters. The van der Waals surface area contributed by atoms with Crippen LogP contribution in [0, 0.1) is 0 Å². The minimum atomic E-state index is -0.0379. The van der Waals surface area contributed by atoms with Gasteiger partial charge in [-0.3, -0.25) is 0 Å². The Morgan fingerprint density at radius 3 is 1.15 bits per heavy atom. The van der Waals surface area contributed by atoms with Crippen molar-refractivity contribution in [2.24, 2.45) is 0 Å². The van der Waals surface area contributed by atoms with Crippen molar-refractivity contribution in [1.82, 2.24) is 9.97 Å². The molecular weight excluding hydrogens is 725 g/mol. The Morgan fingerprint density at radius 1 is 0.300 bits per heavy atom. The monoisotopic (exact) mass is 768 g/mol. The topological polar surface area (TPSA) is 25.8 Å². The Hall–Kier alpha value is -7.16. The van der Waals surface area contributed by atoms with Crippen LogP contribution in [0.15, 0.2) is 194 Å². The molecule has 60 heavy (non-hydrogen) atoms. The van der Waals surface area contributed by atoms with Gasteiger partial charge in [0.15, 0.2) is 5.82 Å². The number of benzene rings is 8. The summed E-state index contributed by atoms with van der Waals surface area (Å²) in [6.07, 6.45) is 1.87. The predicted octanol–water partition coefficient (Wildman–Crippen LogP) is 15.1. The lowest BCUT2D eigenvalue weighted by Gasteiger charge is -2.22. The highest BCUT2D eigenvalue weighted by atomic mass is 14.9. The zero-order chi connectivity index (χ0) is 40.6. The Bertz CT molecular complexity index is 2960. The summed E-state index contributed by atoms with van der Waals surface area (Å²) in [6, 6.07) is 68.7. The molecule has 0 saturated heterocycles. The lowest BCUT2D eigenvalue weighted by atomic mass is 9.81. The molecule has 8 aromatic carbocycles. The van der Waals surface area contributed by atoms with E-state index in [-0.39, 0.29) is 10.8 Å². The van der Waals surface area contributed by atoms with Crippen molar-refractivity contribution in [3.05, 3.63) is 217 Å². The van der Waals surface area contributed by atoms with Gasteiger partial charge in [0.25, 0.3) is 0 Å². The van der Waals surface area contributed by atoms with Crippen LogP contribution in [0.4, 0.5) is 0 Å². The SMILES string of the molecule is CC1(C)c2ccccc2-c2ccc(-c3cccc(-c4cccc(-c5ccnc(-c6cccc(-c7cccc(-c8ccc9c(c8)C(C)(C)c8ccccc8-9)c7)c6)n5)c4)c3)cc21. The summed E-state index contributed by atoms with van der Waals surface area (Å²) in [7, 11) is 0. The van der Waals surface area contributed by atoms with Gasteiger partial charge in [0.05, 0.1) is 5.69 Å². The first kappa shape index (κ1) is 36.0. The average Bonchev–Trinajstić information content (AvgIpc) is 3.68. The number of hydrogen-bond donors (Lipinski definition) is 0. The van der Waals surface area contributed by atoms with E-state index in [0.717, 1.165) is 33.5 Å². The predicted molar refractivity (Wildman–Crippen MR) is 250 cm³/mol. The second-order valence-corrected chi connectivity index (χ2v) is 17.5. The normalized spacial score (nSPS) is 13.9. The Balaban J connectivity index is 0.869. The summed E-state index contributed by atoms with van der Waals surface area (Å²) < 4.78 is 0. The maximum atomic E-state index is 5.13. The Kier molecular flexibility index (Phi) is 8.22. The molecule has 1 aromatic heterocycles. The van der Waals surface area contributed by atoms with Crippen LogP contribution in [0.5, 0.6) is 0 Å². The number of nitrogens with zero attached hydrogens (tertiary/aromatic N) is 2. The first-order valence-corrected chi connectivity index (χ1v) is 21.0. The van der Waals surface area contributed by atoms with Crippen molar-refractivity contribution in [3.63, 3.8) is 0 Å². The zero-order valence-corrected chi connectivity index (χ0v) is 34.4. The molecule has 0 fully saturated rings. The van der Waals surface area contributed by atoms with E-state index in [1.54, 1.807) is 0 Å². The molecule has 0 radical (unpaired) electrons. The molecule has 0 bridgehead atoms. The third-order valence-corrected chi connectivity index (χ3v) is 13.2. The van der Waals surface area contributed by atoms with E-state index in [1.165, 1.54) is 72.3 Å². The van der Waals surface area contributed by atoms with E-state index in [2.05, 4.69) is 210 Å². The van der Waals surface area contributed by atoms with Crippen molar-refractivity contribution in [3.8, 4) is 89.4 Å². The van der Waals surface area contributed by atoms with Gasteiger partial charge in [-0.1, -0.05) is 173 Å². The first-order chi connectivity index (χ1) is 29.2. The van der Waals surface area contributed by atoms with Crippen molar-refractivity contribution in [2.75, 3.05) is 0 Å². The molecule has 0 spiro atoms. The van der Waals surface area contributed by atoms with Gasteiger partial charge >= 0.3 is 0 Å². The van der Waals surface area contributed by atoms with Crippen molar-refractivity contribution >= 4 is 0 Å². The van der Waals surface area contributed by atoms with Crippen molar-refractivity contribution < 1.29 is 0 Å². The average molecular weight is 769 g/mol. The van der Waals surface area contributed by atoms with E-state index >= 15 is 0 Å². The van der Waals surface area contributed by atoms with Crippen LogP contribution in [0.1, 0.15) is 49.9 Å². The quantitative estimate of drug-likeness (QED) is 0.168. The largest absolute Gasteiger partial charge is 0.237 e. The van der Waals surface area contributed by atoms with Crippen LogP contribution >= 0.6 is 0 Å². The molecule has 286 valence electrons. The highest BCUT2D eigenvalue weighted by Gasteiger charge is 2.36. The molecule has 0 atom stereocenters. The van der Waals surface area contributed by atoms with Gasteiger partial charge in [0, 0.05) is 28.2 Å². The van der Waals surface area contributed by atoms with E-state index in [9.17, 15) is 0 Å². The molecule has 9 aromatic rings. The van der Waals surface area contributed by atoms with Gasteiger partial charge in [-0.2, -0.15) is 0 Å². The van der Waals surface area contributed by atoms with Gasteiger partial charge in [-0.15, -0.1) is 0 Å². The maximum Gasteiger partial charge on any atom is 0.159 e. The number of fused-ring (bicyclic) bond motifs is 6. The van der Waals surface area contributed by atoms with Crippen LogP contribution in [-0.2, 0) is 10.8 Å². The molecule has 0 aliphatic heterocycles. The lowest BCUT2D eigenvalue weighted by molar-refractivity contribution is 0.660. The van der Waals surface area contributed by atoms with Crippen LogP contribution < -0.4 is 0 Å². The summed E-state index contributed by atoms with van der Waals surface area (Å²) in [5, 5.41) is 0. The van der Waals surface area contributed by atoms with E-state index < -0.39 is 0 Å². The molecule has 0 saturated carbocycles. The van der Waals surface area contributed by atoms with Crippen LogP contribution in [0.2, 0.25) is 0 Å². The highest BCUT2D eigenvalue weighted by molar-refractivity contribution is 5.86. The molecule has 2 aliphatic carbocycles. The van der Waals surface area contributed by atoms with Gasteiger partial charge in [0.2, 0.25) is 0 Å². The summed E-state index contributed by atoms with van der Waals surface area (Å²) in [6.45, 7) is 9.36. The molecule has 2 aliphatic rings. The summed E-state index contributed by atoms with van der Waals surface area (Å²) in [4.78, 5) is 9.89. The fraction of sp³-hybridized carbons (Fsp3) is 0.103. The molecule has 1 heterocycles. The fourth-order valence-corrected chi connectivity index (χ4v) is 9.88. The second kappa shape index (κ2) is 13.7. The smallest absolute Gasteiger partial charge is 0.159 e. The number of rotatable bonds is 6.